The predicted octanol–water partition coefficient (Wildman–Crippen LogP) is 2.62. The minimum atomic E-state index is 0.443. The van der Waals surface area contributed by atoms with Gasteiger partial charge in [-0.25, -0.2) is 9.50 Å². The van der Waals surface area contributed by atoms with E-state index < -0.39 is 0 Å². The number of hydrogen-bond acceptors (Lipinski definition) is 3. The molecule has 0 radical (unpaired) electrons. The molecule has 2 heterocycles. The molecule has 0 atom stereocenters. The number of rotatable bonds is 2. The molecule has 0 saturated heterocycles. The molecule has 0 aliphatic heterocycles. The molecule has 1 aromatic carbocycles. The van der Waals surface area contributed by atoms with Crippen molar-refractivity contribution >= 4 is 21.6 Å². The Morgan fingerprint density at radius 3 is 2.78 bits per heavy atom. The second-order valence-corrected chi connectivity index (χ2v) is 4.85. The summed E-state index contributed by atoms with van der Waals surface area (Å²) in [4.78, 5) is 4.51. The fourth-order valence-electron chi connectivity index (χ4n) is 1.86. The second kappa shape index (κ2) is 4.51. The topological polar surface area (TPSA) is 56.2 Å². The van der Waals surface area contributed by atoms with Gasteiger partial charge >= 0.3 is 0 Å². The van der Waals surface area contributed by atoms with Crippen LogP contribution in [0, 0.1) is 0 Å². The van der Waals surface area contributed by atoms with Gasteiger partial charge in [0.25, 0.3) is 0 Å². The normalized spacial score (nSPS) is 11.0. The van der Waals surface area contributed by atoms with Crippen molar-refractivity contribution in [1.29, 1.82) is 0 Å². The maximum Gasteiger partial charge on any atom is 0.182 e. The lowest BCUT2D eigenvalue weighted by molar-refractivity contribution is 0.852. The summed E-state index contributed by atoms with van der Waals surface area (Å²) < 4.78 is 2.80. The Morgan fingerprint density at radius 2 is 2.00 bits per heavy atom. The van der Waals surface area contributed by atoms with Gasteiger partial charge in [-0.1, -0.05) is 34.1 Å². The Balaban J connectivity index is 2.19. The van der Waals surface area contributed by atoms with Crippen LogP contribution in [-0.2, 0) is 6.54 Å². The van der Waals surface area contributed by atoms with E-state index in [1.54, 1.807) is 4.52 Å². The molecule has 18 heavy (non-hydrogen) atoms. The van der Waals surface area contributed by atoms with Gasteiger partial charge in [-0.2, -0.15) is 0 Å². The zero-order chi connectivity index (χ0) is 12.5. The summed E-state index contributed by atoms with van der Waals surface area (Å²) >= 11 is 3.45. The Labute approximate surface area is 113 Å². The number of aromatic nitrogens is 3. The van der Waals surface area contributed by atoms with E-state index in [9.17, 15) is 0 Å². The summed E-state index contributed by atoms with van der Waals surface area (Å²) in [5, 5.41) is 4.50. The third-order valence-corrected chi connectivity index (χ3v) is 3.22. The fourth-order valence-corrected chi connectivity index (χ4v) is 2.26. The molecule has 0 aliphatic rings. The molecular weight excluding hydrogens is 292 g/mol. The summed E-state index contributed by atoms with van der Waals surface area (Å²) in [7, 11) is 0. The molecule has 3 aromatic rings. The van der Waals surface area contributed by atoms with Gasteiger partial charge in [0.05, 0.1) is 5.69 Å². The van der Waals surface area contributed by atoms with Crippen molar-refractivity contribution in [3.8, 4) is 11.4 Å². The van der Waals surface area contributed by atoms with Crippen LogP contribution in [0.15, 0.2) is 46.9 Å². The van der Waals surface area contributed by atoms with Crippen LogP contribution in [0.25, 0.3) is 17.0 Å². The molecule has 2 N–H and O–H groups in total. The Hall–Kier alpha value is -1.72. The van der Waals surface area contributed by atoms with Crippen molar-refractivity contribution in [2.75, 3.05) is 0 Å². The van der Waals surface area contributed by atoms with Gasteiger partial charge in [0.1, 0.15) is 0 Å². The molecule has 5 heteroatoms. The lowest BCUT2D eigenvalue weighted by Gasteiger charge is -1.98. The third-order valence-electron chi connectivity index (χ3n) is 2.73. The van der Waals surface area contributed by atoms with E-state index in [-0.39, 0.29) is 0 Å². The molecule has 0 aliphatic carbocycles. The number of halogens is 1. The Bertz CT molecular complexity index is 705. The summed E-state index contributed by atoms with van der Waals surface area (Å²) in [5.41, 5.74) is 8.43. The number of nitrogens with two attached hydrogens (primary N) is 1. The van der Waals surface area contributed by atoms with E-state index in [1.807, 2.05) is 42.5 Å². The van der Waals surface area contributed by atoms with Gasteiger partial charge in [-0.05, 0) is 24.3 Å². The minimum absolute atomic E-state index is 0.443. The number of nitrogens with zero attached hydrogens (tertiary/aromatic N) is 3. The van der Waals surface area contributed by atoms with E-state index in [0.717, 1.165) is 21.4 Å². The highest BCUT2D eigenvalue weighted by Gasteiger charge is 2.08. The molecule has 90 valence electrons. The van der Waals surface area contributed by atoms with Crippen LogP contribution in [0.1, 0.15) is 5.69 Å². The number of benzene rings is 1. The van der Waals surface area contributed by atoms with Gasteiger partial charge in [0.2, 0.25) is 0 Å². The second-order valence-electron chi connectivity index (χ2n) is 3.94. The first-order chi connectivity index (χ1) is 8.78. The first kappa shape index (κ1) is 11.4. The smallest absolute Gasteiger partial charge is 0.182 e. The van der Waals surface area contributed by atoms with Crippen molar-refractivity contribution in [3.05, 3.63) is 52.6 Å². The van der Waals surface area contributed by atoms with Gasteiger partial charge in [-0.3, -0.25) is 0 Å². The summed E-state index contributed by atoms with van der Waals surface area (Å²) in [6.45, 7) is 0.443. The molecule has 0 spiro atoms. The lowest BCUT2D eigenvalue weighted by Crippen LogP contribution is -2.04. The van der Waals surface area contributed by atoms with Gasteiger partial charge < -0.3 is 5.73 Å². The predicted molar refractivity (Wildman–Crippen MR) is 74.0 cm³/mol. The van der Waals surface area contributed by atoms with Crippen molar-refractivity contribution in [2.45, 2.75) is 6.54 Å². The number of pyridine rings is 1. The van der Waals surface area contributed by atoms with Crippen LogP contribution in [0.4, 0.5) is 0 Å². The maximum atomic E-state index is 5.69. The third kappa shape index (κ3) is 1.91. The van der Waals surface area contributed by atoms with Gasteiger partial charge in [0.15, 0.2) is 11.5 Å². The van der Waals surface area contributed by atoms with Crippen LogP contribution < -0.4 is 5.73 Å². The first-order valence-corrected chi connectivity index (χ1v) is 6.38. The molecule has 0 saturated carbocycles. The zero-order valence-corrected chi connectivity index (χ0v) is 11.1. The minimum Gasteiger partial charge on any atom is -0.325 e. The first-order valence-electron chi connectivity index (χ1n) is 5.58. The molecule has 3 rings (SSSR count). The van der Waals surface area contributed by atoms with Crippen molar-refractivity contribution in [2.24, 2.45) is 5.73 Å². The Morgan fingerprint density at radius 1 is 1.17 bits per heavy atom. The molecular formula is C13H11BrN4. The monoisotopic (exact) mass is 302 g/mol. The van der Waals surface area contributed by atoms with Crippen LogP contribution >= 0.6 is 15.9 Å². The molecule has 0 fully saturated rings. The standard InChI is InChI=1S/C13H11BrN4/c14-10-4-1-3-9(7-10)13-16-12-6-2-5-11(8-15)18(12)17-13/h1-7H,8,15H2. The average molecular weight is 303 g/mol. The number of fused-ring (bicyclic) bond motifs is 1. The lowest BCUT2D eigenvalue weighted by atomic mass is 10.2. The van der Waals surface area contributed by atoms with E-state index in [2.05, 4.69) is 26.0 Å². The SMILES string of the molecule is NCc1cccc2nc(-c3cccc(Br)c3)nn12. The summed E-state index contributed by atoms with van der Waals surface area (Å²) in [6.07, 6.45) is 0. The quantitative estimate of drug-likeness (QED) is 0.792. The fraction of sp³-hybridized carbons (Fsp3) is 0.0769. The zero-order valence-electron chi connectivity index (χ0n) is 9.55. The van der Waals surface area contributed by atoms with Crippen LogP contribution in [0.2, 0.25) is 0 Å². The number of hydrogen-bond donors (Lipinski definition) is 1. The van der Waals surface area contributed by atoms with Crippen LogP contribution in [0.5, 0.6) is 0 Å². The van der Waals surface area contributed by atoms with E-state index >= 15 is 0 Å². The van der Waals surface area contributed by atoms with Crippen molar-refractivity contribution in [3.63, 3.8) is 0 Å². The maximum absolute atomic E-state index is 5.69. The van der Waals surface area contributed by atoms with E-state index in [1.165, 1.54) is 0 Å². The molecule has 0 unspecified atom stereocenters. The molecule has 2 aromatic heterocycles. The van der Waals surface area contributed by atoms with E-state index in [4.69, 9.17) is 5.73 Å². The molecule has 0 bridgehead atoms. The molecule has 0 amide bonds. The van der Waals surface area contributed by atoms with Gasteiger partial charge in [0, 0.05) is 16.6 Å². The summed E-state index contributed by atoms with van der Waals surface area (Å²) in [5.74, 6) is 0.706. The summed E-state index contributed by atoms with van der Waals surface area (Å²) in [6, 6.07) is 13.7. The van der Waals surface area contributed by atoms with E-state index in [0.29, 0.717) is 12.4 Å². The van der Waals surface area contributed by atoms with Crippen molar-refractivity contribution in [1.82, 2.24) is 14.6 Å². The van der Waals surface area contributed by atoms with Crippen LogP contribution in [-0.4, -0.2) is 14.6 Å². The van der Waals surface area contributed by atoms with Crippen molar-refractivity contribution < 1.29 is 0 Å². The average Bonchev–Trinajstić information content (AvgIpc) is 2.82. The highest BCUT2D eigenvalue weighted by atomic mass is 79.9. The highest BCUT2D eigenvalue weighted by molar-refractivity contribution is 9.10. The highest BCUT2D eigenvalue weighted by Crippen LogP contribution is 2.21. The van der Waals surface area contributed by atoms with Gasteiger partial charge in [-0.15, -0.1) is 5.10 Å². The Kier molecular flexibility index (Phi) is 2.85. The van der Waals surface area contributed by atoms with Crippen LogP contribution in [0.3, 0.4) is 0 Å². The largest absolute Gasteiger partial charge is 0.325 e. The molecule has 4 nitrogen and oxygen atoms in total.